The zero-order chi connectivity index (χ0) is 22.1. The Bertz CT molecular complexity index is 631. The van der Waals surface area contributed by atoms with Crippen LogP contribution in [0.2, 0.25) is 0 Å². The van der Waals surface area contributed by atoms with E-state index in [-0.39, 0.29) is 12.5 Å². The van der Waals surface area contributed by atoms with Crippen LogP contribution in [0.5, 0.6) is 0 Å². The quantitative estimate of drug-likeness (QED) is 0.502. The van der Waals surface area contributed by atoms with E-state index in [0.29, 0.717) is 30.5 Å². The number of rotatable bonds is 5. The van der Waals surface area contributed by atoms with Crippen LogP contribution in [-0.4, -0.2) is 34.6 Å². The highest BCUT2D eigenvalue weighted by atomic mass is 16.5. The minimum atomic E-state index is -0.431. The number of fused-ring (bicyclic) bond motifs is 1. The van der Waals surface area contributed by atoms with Crippen LogP contribution in [0, 0.1) is 6.92 Å². The molecule has 1 aliphatic heterocycles. The van der Waals surface area contributed by atoms with E-state index < -0.39 is 5.97 Å². The van der Waals surface area contributed by atoms with Gasteiger partial charge in [-0.05, 0) is 34.1 Å². The number of amides is 1. The summed E-state index contributed by atoms with van der Waals surface area (Å²) in [6, 6.07) is 0. The van der Waals surface area contributed by atoms with E-state index in [1.165, 1.54) is 0 Å². The maximum absolute atomic E-state index is 11.9. The third kappa shape index (κ3) is 8.11. The highest BCUT2D eigenvalue weighted by molar-refractivity contribution is 5.99. The average molecular weight is 394 g/mol. The van der Waals surface area contributed by atoms with Crippen molar-refractivity contribution in [3.63, 3.8) is 0 Å². The first kappa shape index (κ1) is 27.8. The molecule has 0 saturated carbocycles. The van der Waals surface area contributed by atoms with Crippen LogP contribution in [-0.2, 0) is 16.1 Å². The van der Waals surface area contributed by atoms with Crippen molar-refractivity contribution in [1.29, 1.82) is 0 Å². The Kier molecular flexibility index (Phi) is 16.7. The Morgan fingerprint density at radius 1 is 1.11 bits per heavy atom. The third-order valence-corrected chi connectivity index (χ3v) is 3.42. The Balaban J connectivity index is 0. The highest BCUT2D eigenvalue weighted by Gasteiger charge is 2.34. The van der Waals surface area contributed by atoms with Crippen molar-refractivity contribution in [1.82, 2.24) is 9.55 Å². The first-order chi connectivity index (χ1) is 13.5. The zero-order valence-corrected chi connectivity index (χ0v) is 19.2. The molecule has 6 heteroatoms. The predicted molar refractivity (Wildman–Crippen MR) is 118 cm³/mol. The number of allylic oxidation sites excluding steroid dienone is 3. The number of hydrogen-bond acceptors (Lipinski definition) is 4. The van der Waals surface area contributed by atoms with E-state index in [0.717, 1.165) is 6.42 Å². The summed E-state index contributed by atoms with van der Waals surface area (Å²) in [4.78, 5) is 29.7. The zero-order valence-electron chi connectivity index (χ0n) is 19.2. The molecule has 160 valence electrons. The molecule has 2 rings (SSSR count). The molecule has 0 spiro atoms. The number of anilines is 1. The molecular formula is C22H39N3O3. The van der Waals surface area contributed by atoms with Gasteiger partial charge in [-0.3, -0.25) is 14.3 Å². The van der Waals surface area contributed by atoms with Crippen molar-refractivity contribution >= 4 is 17.8 Å². The Hall–Kier alpha value is -2.37. The van der Waals surface area contributed by atoms with Gasteiger partial charge in [0.05, 0.1) is 12.3 Å². The molecule has 0 fully saturated rings. The van der Waals surface area contributed by atoms with Crippen LogP contribution in [0.15, 0.2) is 24.3 Å². The van der Waals surface area contributed by atoms with Gasteiger partial charge in [-0.2, -0.15) is 0 Å². The van der Waals surface area contributed by atoms with Crippen molar-refractivity contribution in [2.24, 2.45) is 0 Å². The number of aryl methyl sites for hydroxylation is 1. The third-order valence-electron chi connectivity index (χ3n) is 3.42. The number of carbonyl (C=O) groups excluding carboxylic acids is 2. The standard InChI is InChI=1S/C13H17N3O3.C5H10.2C2H6/c1-4-6-7-15-10(17)8-16-11(12(18)19-5-2)9(3)14-13(15)16;1-3-5-4-2;2*1-2/h4,6H,5,7-8H2,1-3H3;3,5H,4H2,1-2H3;2*1-2H3/b6-4-;5-3+;;. The van der Waals surface area contributed by atoms with Crippen LogP contribution in [0.3, 0.4) is 0 Å². The second-order valence-electron chi connectivity index (χ2n) is 5.20. The van der Waals surface area contributed by atoms with Gasteiger partial charge in [-0.15, -0.1) is 0 Å². The van der Waals surface area contributed by atoms with E-state index >= 15 is 0 Å². The molecule has 0 aromatic carbocycles. The lowest BCUT2D eigenvalue weighted by atomic mass is 10.3. The molecule has 0 bridgehead atoms. The minimum Gasteiger partial charge on any atom is -0.461 e. The van der Waals surface area contributed by atoms with Gasteiger partial charge in [0.15, 0.2) is 5.69 Å². The molecule has 0 radical (unpaired) electrons. The summed E-state index contributed by atoms with van der Waals surface area (Å²) in [5, 5.41) is 0. The monoisotopic (exact) mass is 393 g/mol. The van der Waals surface area contributed by atoms with Gasteiger partial charge in [-0.25, -0.2) is 9.78 Å². The highest BCUT2D eigenvalue weighted by Crippen LogP contribution is 2.26. The summed E-state index contributed by atoms with van der Waals surface area (Å²) in [5.41, 5.74) is 0.958. The number of hydrogen-bond donors (Lipinski definition) is 0. The van der Waals surface area contributed by atoms with Gasteiger partial charge >= 0.3 is 5.97 Å². The largest absolute Gasteiger partial charge is 0.461 e. The van der Waals surface area contributed by atoms with Gasteiger partial charge in [0, 0.05) is 6.54 Å². The molecule has 0 N–H and O–H groups in total. The lowest BCUT2D eigenvalue weighted by Crippen LogP contribution is -2.27. The summed E-state index contributed by atoms with van der Waals surface area (Å²) in [6.45, 7) is 18.4. The molecule has 1 amide bonds. The normalized spacial score (nSPS) is 11.9. The first-order valence-corrected chi connectivity index (χ1v) is 10.3. The fraction of sp³-hybridized carbons (Fsp3) is 0.591. The van der Waals surface area contributed by atoms with Crippen molar-refractivity contribution in [3.8, 4) is 0 Å². The SMILES string of the molecule is C/C=C/CC.C/C=C\CN1C(=O)Cn2c1nc(C)c2C(=O)OCC.CC.CC. The summed E-state index contributed by atoms with van der Waals surface area (Å²) in [7, 11) is 0. The molecule has 1 aromatic rings. The molecule has 6 nitrogen and oxygen atoms in total. The first-order valence-electron chi connectivity index (χ1n) is 10.3. The molecular weight excluding hydrogens is 354 g/mol. The van der Waals surface area contributed by atoms with Crippen molar-refractivity contribution in [2.75, 3.05) is 18.1 Å². The Morgan fingerprint density at radius 2 is 1.68 bits per heavy atom. The summed E-state index contributed by atoms with van der Waals surface area (Å²) in [5.74, 6) is 0.0224. The number of nitrogens with zero attached hydrogens (tertiary/aromatic N) is 3. The molecule has 0 aliphatic carbocycles. The van der Waals surface area contributed by atoms with Gasteiger partial charge in [0.1, 0.15) is 6.54 Å². The topological polar surface area (TPSA) is 64.4 Å². The summed E-state index contributed by atoms with van der Waals surface area (Å²) >= 11 is 0. The number of carbonyl (C=O) groups is 2. The summed E-state index contributed by atoms with van der Waals surface area (Å²) in [6.07, 6.45) is 9.09. The Labute approximate surface area is 171 Å². The van der Waals surface area contributed by atoms with E-state index in [1.807, 2.05) is 53.7 Å². The molecule has 1 aromatic heterocycles. The van der Waals surface area contributed by atoms with Crippen LogP contribution < -0.4 is 4.90 Å². The van der Waals surface area contributed by atoms with E-state index in [2.05, 4.69) is 24.1 Å². The maximum atomic E-state index is 11.9. The van der Waals surface area contributed by atoms with E-state index in [9.17, 15) is 9.59 Å². The second kappa shape index (κ2) is 16.8. The molecule has 0 unspecified atom stereocenters. The van der Waals surface area contributed by atoms with E-state index in [1.54, 1.807) is 23.3 Å². The molecule has 2 heterocycles. The minimum absolute atomic E-state index is 0.0638. The van der Waals surface area contributed by atoms with Gasteiger partial charge in [-0.1, -0.05) is 58.9 Å². The molecule has 1 aliphatic rings. The van der Waals surface area contributed by atoms with Gasteiger partial charge in [0.2, 0.25) is 11.9 Å². The van der Waals surface area contributed by atoms with Crippen LogP contribution in [0.4, 0.5) is 5.95 Å². The molecule has 0 saturated heterocycles. The number of aromatic nitrogens is 2. The smallest absolute Gasteiger partial charge is 0.356 e. The van der Waals surface area contributed by atoms with E-state index in [4.69, 9.17) is 4.74 Å². The maximum Gasteiger partial charge on any atom is 0.356 e. The molecule has 28 heavy (non-hydrogen) atoms. The van der Waals surface area contributed by atoms with Crippen LogP contribution in [0.1, 0.15) is 78.0 Å². The molecule has 0 atom stereocenters. The van der Waals surface area contributed by atoms with Gasteiger partial charge < -0.3 is 4.74 Å². The van der Waals surface area contributed by atoms with Crippen molar-refractivity contribution in [3.05, 3.63) is 35.7 Å². The van der Waals surface area contributed by atoms with Crippen molar-refractivity contribution in [2.45, 2.75) is 75.3 Å². The lowest BCUT2D eigenvalue weighted by Gasteiger charge is -2.10. The fourth-order valence-electron chi connectivity index (χ4n) is 2.33. The van der Waals surface area contributed by atoms with Crippen LogP contribution in [0.25, 0.3) is 0 Å². The average Bonchev–Trinajstić information content (AvgIpc) is 3.17. The summed E-state index contributed by atoms with van der Waals surface area (Å²) < 4.78 is 6.62. The predicted octanol–water partition coefficient (Wildman–Crippen LogP) is 5.32. The van der Waals surface area contributed by atoms with Crippen molar-refractivity contribution < 1.29 is 14.3 Å². The number of imidazole rings is 1. The van der Waals surface area contributed by atoms with Gasteiger partial charge in [0.25, 0.3) is 0 Å². The fourth-order valence-corrected chi connectivity index (χ4v) is 2.33. The lowest BCUT2D eigenvalue weighted by molar-refractivity contribution is -0.117. The second-order valence-corrected chi connectivity index (χ2v) is 5.20. The number of ether oxygens (including phenoxy) is 1. The number of esters is 1. The van der Waals surface area contributed by atoms with Crippen LogP contribution >= 0.6 is 0 Å². The Morgan fingerprint density at radius 3 is 2.11 bits per heavy atom.